The zero-order valence-electron chi connectivity index (χ0n) is 18.2. The first-order chi connectivity index (χ1) is 15.6. The highest BCUT2D eigenvalue weighted by Gasteiger charge is 2.54. The van der Waals surface area contributed by atoms with Gasteiger partial charge in [-0.3, -0.25) is 14.6 Å². The molecule has 2 aliphatic heterocycles. The van der Waals surface area contributed by atoms with Crippen molar-refractivity contribution in [2.24, 2.45) is 18.1 Å². The Morgan fingerprint density at radius 2 is 2.03 bits per heavy atom. The van der Waals surface area contributed by atoms with Gasteiger partial charge in [-0.05, 0) is 31.9 Å². The summed E-state index contributed by atoms with van der Waals surface area (Å²) in [5, 5.41) is 4.30. The Morgan fingerprint density at radius 1 is 1.25 bits per heavy atom. The van der Waals surface area contributed by atoms with E-state index < -0.39 is 5.72 Å². The number of nitrogens with zero attached hydrogens (tertiary/aromatic N) is 6. The van der Waals surface area contributed by atoms with E-state index >= 15 is 0 Å². The van der Waals surface area contributed by atoms with Crippen LogP contribution in [0.4, 0.5) is 5.69 Å². The summed E-state index contributed by atoms with van der Waals surface area (Å²) in [4.78, 5) is 44.4. The summed E-state index contributed by atoms with van der Waals surface area (Å²) in [7, 11) is 1.75. The molecule has 10 nitrogen and oxygen atoms in total. The predicted molar refractivity (Wildman–Crippen MR) is 115 cm³/mol. The van der Waals surface area contributed by atoms with E-state index in [1.807, 2.05) is 13.0 Å². The minimum Gasteiger partial charge on any atom is -0.381 e. The van der Waals surface area contributed by atoms with Crippen LogP contribution in [-0.2, 0) is 21.4 Å². The molecule has 2 fully saturated rings. The number of anilines is 1. The van der Waals surface area contributed by atoms with Gasteiger partial charge in [0, 0.05) is 38.5 Å². The van der Waals surface area contributed by atoms with Gasteiger partial charge in [-0.25, -0.2) is 9.88 Å². The summed E-state index contributed by atoms with van der Waals surface area (Å²) in [6.07, 6.45) is 7.66. The third kappa shape index (κ3) is 3.35. The molecule has 0 unspecified atom stereocenters. The zero-order chi connectivity index (χ0) is 22.3. The highest BCUT2D eigenvalue weighted by atomic mass is 16.7. The predicted octanol–water partition coefficient (Wildman–Crippen LogP) is 1.92. The monoisotopic (exact) mass is 438 g/mol. The fourth-order valence-electron chi connectivity index (χ4n) is 4.28. The van der Waals surface area contributed by atoms with Crippen LogP contribution in [0.25, 0.3) is 0 Å². The fraction of sp³-hybridized carbons (Fsp3) is 0.500. The Bertz CT molecular complexity index is 1060. The van der Waals surface area contributed by atoms with Crippen LogP contribution in [0.15, 0.2) is 35.9 Å². The van der Waals surface area contributed by atoms with Crippen molar-refractivity contribution in [3.63, 3.8) is 0 Å². The van der Waals surface area contributed by atoms with E-state index in [-0.39, 0.29) is 17.7 Å². The molecule has 1 saturated carbocycles. The van der Waals surface area contributed by atoms with Crippen LogP contribution in [0.3, 0.4) is 0 Å². The number of imidazole rings is 1. The average molecular weight is 438 g/mol. The van der Waals surface area contributed by atoms with Crippen LogP contribution in [-0.4, -0.2) is 62.6 Å². The molecule has 2 amide bonds. The molecule has 2 aromatic heterocycles. The number of carbonyl (C=O) groups excluding carboxylic acids is 2. The number of rotatable bonds is 5. The Hall–Kier alpha value is -3.27. The van der Waals surface area contributed by atoms with Crippen molar-refractivity contribution in [1.29, 1.82) is 0 Å². The van der Waals surface area contributed by atoms with Gasteiger partial charge in [0.05, 0.1) is 31.3 Å². The number of pyridine rings is 1. The highest BCUT2D eigenvalue weighted by Crippen LogP contribution is 2.41. The Morgan fingerprint density at radius 3 is 2.69 bits per heavy atom. The molecule has 168 valence electrons. The lowest BCUT2D eigenvalue weighted by Crippen LogP contribution is -2.55. The van der Waals surface area contributed by atoms with Crippen molar-refractivity contribution >= 4 is 23.3 Å². The highest BCUT2D eigenvalue weighted by molar-refractivity contribution is 6.10. The molecule has 0 aromatic carbocycles. The van der Waals surface area contributed by atoms with E-state index in [0.29, 0.717) is 55.6 Å². The van der Waals surface area contributed by atoms with E-state index in [1.54, 1.807) is 39.9 Å². The quantitative estimate of drug-likeness (QED) is 0.707. The number of amides is 2. The fourth-order valence-corrected chi connectivity index (χ4v) is 4.28. The molecule has 2 aromatic rings. The molecular weight excluding hydrogens is 412 g/mol. The molecule has 0 radical (unpaired) electrons. The molecule has 1 spiro atoms. The second-order valence-corrected chi connectivity index (χ2v) is 8.30. The van der Waals surface area contributed by atoms with Crippen molar-refractivity contribution in [1.82, 2.24) is 19.4 Å². The van der Waals surface area contributed by atoms with Crippen molar-refractivity contribution < 1.29 is 19.2 Å². The normalized spacial score (nSPS) is 19.6. The number of oxime groups is 1. The van der Waals surface area contributed by atoms with Gasteiger partial charge in [0.1, 0.15) is 5.69 Å². The third-order valence-corrected chi connectivity index (χ3v) is 6.27. The minimum absolute atomic E-state index is 0.00423. The zero-order valence-corrected chi connectivity index (χ0v) is 18.2. The molecule has 0 N–H and O–H groups in total. The summed E-state index contributed by atoms with van der Waals surface area (Å²) in [5.74, 6) is 0.568. The number of carbonyl (C=O) groups is 2. The molecule has 0 bridgehead atoms. The maximum absolute atomic E-state index is 13.3. The number of ether oxygens (including phenoxy) is 1. The van der Waals surface area contributed by atoms with Crippen LogP contribution in [0.5, 0.6) is 0 Å². The number of aromatic nitrogens is 3. The second kappa shape index (κ2) is 8.01. The maximum Gasteiger partial charge on any atom is 0.276 e. The summed E-state index contributed by atoms with van der Waals surface area (Å²) >= 11 is 0. The first-order valence-electron chi connectivity index (χ1n) is 11.0. The maximum atomic E-state index is 13.3. The van der Waals surface area contributed by atoms with Gasteiger partial charge < -0.3 is 19.0 Å². The first kappa shape index (κ1) is 20.6. The lowest BCUT2D eigenvalue weighted by atomic mass is 10.0. The van der Waals surface area contributed by atoms with E-state index in [9.17, 15) is 9.59 Å². The van der Waals surface area contributed by atoms with Crippen LogP contribution in [0.1, 0.15) is 48.9 Å². The van der Waals surface area contributed by atoms with Gasteiger partial charge in [-0.2, -0.15) is 0 Å². The largest absolute Gasteiger partial charge is 0.381 e. The van der Waals surface area contributed by atoms with Gasteiger partial charge in [-0.1, -0.05) is 5.16 Å². The van der Waals surface area contributed by atoms with Crippen LogP contribution in [0.2, 0.25) is 0 Å². The average Bonchev–Trinajstić information content (AvgIpc) is 3.52. The van der Waals surface area contributed by atoms with Gasteiger partial charge in [0.15, 0.2) is 5.82 Å². The summed E-state index contributed by atoms with van der Waals surface area (Å²) < 4.78 is 7.17. The van der Waals surface area contributed by atoms with Crippen molar-refractivity contribution in [2.45, 2.75) is 38.3 Å². The van der Waals surface area contributed by atoms with Gasteiger partial charge in [0.25, 0.3) is 5.91 Å². The number of amidine groups is 1. The van der Waals surface area contributed by atoms with Gasteiger partial charge in [0.2, 0.25) is 17.5 Å². The molecule has 4 heterocycles. The molecule has 0 atom stereocenters. The van der Waals surface area contributed by atoms with Crippen LogP contribution >= 0.6 is 0 Å². The molecule has 5 rings (SSSR count). The van der Waals surface area contributed by atoms with Crippen LogP contribution < -0.4 is 4.90 Å². The molecule has 10 heteroatoms. The van der Waals surface area contributed by atoms with E-state index in [4.69, 9.17) is 9.57 Å². The Labute approximate surface area is 185 Å². The molecule has 1 aliphatic carbocycles. The van der Waals surface area contributed by atoms with E-state index in [1.165, 1.54) is 6.20 Å². The van der Waals surface area contributed by atoms with E-state index in [2.05, 4.69) is 15.1 Å². The topological polar surface area (TPSA) is 102 Å². The lowest BCUT2D eigenvalue weighted by Gasteiger charge is -2.38. The number of hydrogen-bond donors (Lipinski definition) is 0. The van der Waals surface area contributed by atoms with Gasteiger partial charge in [-0.15, -0.1) is 0 Å². The molecular formula is C22H26N6O4. The molecule has 32 heavy (non-hydrogen) atoms. The molecule has 3 aliphatic rings. The van der Waals surface area contributed by atoms with Crippen LogP contribution in [0, 0.1) is 5.92 Å². The Balaban J connectivity index is 1.48. The van der Waals surface area contributed by atoms with Crippen molar-refractivity contribution in [3.8, 4) is 0 Å². The van der Waals surface area contributed by atoms with E-state index in [0.717, 1.165) is 12.8 Å². The van der Waals surface area contributed by atoms with Crippen molar-refractivity contribution in [2.75, 3.05) is 24.7 Å². The third-order valence-electron chi connectivity index (χ3n) is 6.27. The minimum atomic E-state index is -0.839. The number of hydrogen-bond acceptors (Lipinski definition) is 7. The standard InChI is InChI=1S/C22H26N6O4/c1-3-27(16-5-4-10-23-13-16)21(30)17-14-24-18(26(17)2)19-25-32-22(8-11-31-12-9-22)28(19)20(29)15-6-7-15/h4-5,10,13-15H,3,6-9,11-12H2,1-2H3. The summed E-state index contributed by atoms with van der Waals surface area (Å²) in [6.45, 7) is 3.38. The Kier molecular flexibility index (Phi) is 5.16. The summed E-state index contributed by atoms with van der Waals surface area (Å²) in [5.41, 5.74) is 0.255. The molecule has 1 saturated heterocycles. The van der Waals surface area contributed by atoms with Gasteiger partial charge >= 0.3 is 0 Å². The first-order valence-corrected chi connectivity index (χ1v) is 11.0. The van der Waals surface area contributed by atoms with Crippen molar-refractivity contribution in [3.05, 3.63) is 42.2 Å². The SMILES string of the molecule is CCN(C(=O)c1cnc(C2=NOC3(CCOCC3)N2C(=O)C2CC2)n1C)c1cccnc1. The second-order valence-electron chi connectivity index (χ2n) is 8.30. The smallest absolute Gasteiger partial charge is 0.276 e. The lowest BCUT2D eigenvalue weighted by molar-refractivity contribution is -0.172. The summed E-state index contributed by atoms with van der Waals surface area (Å²) in [6, 6.07) is 3.63.